The fraction of sp³-hybridized carbons (Fsp3) is 0.222. The van der Waals surface area contributed by atoms with Gasteiger partial charge < -0.3 is 5.32 Å². The van der Waals surface area contributed by atoms with Gasteiger partial charge in [0, 0.05) is 25.0 Å². The number of carbonyl (C=O) groups excluding carboxylic acids is 1. The number of fused-ring (bicyclic) bond motifs is 1. The quantitative estimate of drug-likeness (QED) is 0.771. The first-order valence-electron chi connectivity index (χ1n) is 8.31. The lowest BCUT2D eigenvalue weighted by molar-refractivity contribution is -0.118. The molecule has 130 valence electrons. The maximum atomic E-state index is 12.8. The Balaban J connectivity index is 1.71. The minimum atomic E-state index is -0.501. The Morgan fingerprint density at radius 1 is 1.19 bits per heavy atom. The molecule has 1 atom stereocenters. The van der Waals surface area contributed by atoms with Gasteiger partial charge in [-0.15, -0.1) is 0 Å². The molecule has 4 rings (SSSR count). The van der Waals surface area contributed by atoms with Gasteiger partial charge in [0.2, 0.25) is 5.91 Å². The number of rotatable bonds is 3. The van der Waals surface area contributed by atoms with Crippen molar-refractivity contribution in [2.45, 2.75) is 25.3 Å². The first-order chi connectivity index (χ1) is 12.7. The molecule has 26 heavy (non-hydrogen) atoms. The molecule has 8 nitrogen and oxygen atoms in total. The van der Waals surface area contributed by atoms with Crippen LogP contribution in [0.2, 0.25) is 0 Å². The standard InChI is InChI=1S/C18H16N6O2/c25-16-9-15(14-5-7-20-11-21-14)23-17-13(4-2-8-24(16)17)18(26)22-12-3-1-6-19-10-12/h1,3,5-7,9-11,13H,2,4,8H2,(H,22,26). The fourth-order valence-electron chi connectivity index (χ4n) is 3.09. The summed E-state index contributed by atoms with van der Waals surface area (Å²) in [6, 6.07) is 6.66. The summed E-state index contributed by atoms with van der Waals surface area (Å²) in [5.74, 6) is -0.226. The molecule has 0 spiro atoms. The highest BCUT2D eigenvalue weighted by molar-refractivity contribution is 5.95. The molecule has 0 bridgehead atoms. The van der Waals surface area contributed by atoms with Crippen LogP contribution < -0.4 is 10.9 Å². The summed E-state index contributed by atoms with van der Waals surface area (Å²) in [4.78, 5) is 41.9. The molecular weight excluding hydrogens is 332 g/mol. The average molecular weight is 348 g/mol. The van der Waals surface area contributed by atoms with Crippen molar-refractivity contribution >= 4 is 11.6 Å². The molecule has 0 aliphatic carbocycles. The summed E-state index contributed by atoms with van der Waals surface area (Å²) in [7, 11) is 0. The van der Waals surface area contributed by atoms with Crippen LogP contribution in [-0.2, 0) is 11.3 Å². The van der Waals surface area contributed by atoms with Gasteiger partial charge in [-0.25, -0.2) is 15.0 Å². The van der Waals surface area contributed by atoms with E-state index in [0.29, 0.717) is 35.9 Å². The molecule has 0 saturated heterocycles. The maximum Gasteiger partial charge on any atom is 0.254 e. The van der Waals surface area contributed by atoms with E-state index in [1.54, 1.807) is 41.4 Å². The summed E-state index contributed by atoms with van der Waals surface area (Å²) in [6.45, 7) is 0.557. The molecule has 1 unspecified atom stereocenters. The van der Waals surface area contributed by atoms with Crippen molar-refractivity contribution in [1.82, 2.24) is 24.5 Å². The van der Waals surface area contributed by atoms with Gasteiger partial charge in [0.15, 0.2) is 0 Å². The Morgan fingerprint density at radius 2 is 2.12 bits per heavy atom. The van der Waals surface area contributed by atoms with Crippen molar-refractivity contribution in [2.24, 2.45) is 0 Å². The van der Waals surface area contributed by atoms with Crippen LogP contribution in [0.3, 0.4) is 0 Å². The molecule has 3 aromatic rings. The molecule has 0 radical (unpaired) electrons. The number of nitrogens with zero attached hydrogens (tertiary/aromatic N) is 5. The van der Waals surface area contributed by atoms with Crippen molar-refractivity contribution < 1.29 is 4.79 Å². The number of aromatic nitrogens is 5. The second kappa shape index (κ2) is 6.83. The van der Waals surface area contributed by atoms with E-state index >= 15 is 0 Å². The zero-order chi connectivity index (χ0) is 17.9. The number of hydrogen-bond donors (Lipinski definition) is 1. The molecule has 0 fully saturated rings. The van der Waals surface area contributed by atoms with Gasteiger partial charge in [-0.05, 0) is 31.0 Å². The van der Waals surface area contributed by atoms with Crippen LogP contribution >= 0.6 is 0 Å². The molecule has 0 saturated carbocycles. The van der Waals surface area contributed by atoms with Crippen LogP contribution in [-0.4, -0.2) is 30.4 Å². The minimum Gasteiger partial charge on any atom is -0.324 e. The summed E-state index contributed by atoms with van der Waals surface area (Å²) in [6.07, 6.45) is 7.59. The topological polar surface area (TPSA) is 103 Å². The monoisotopic (exact) mass is 348 g/mol. The molecule has 4 heterocycles. The van der Waals surface area contributed by atoms with Gasteiger partial charge in [0.05, 0.1) is 29.2 Å². The molecule has 1 aliphatic rings. The predicted octanol–water partition coefficient (Wildman–Crippen LogP) is 1.61. The van der Waals surface area contributed by atoms with Crippen LogP contribution in [0.4, 0.5) is 5.69 Å². The second-order valence-corrected chi connectivity index (χ2v) is 6.01. The number of anilines is 1. The Hall–Kier alpha value is -3.42. The van der Waals surface area contributed by atoms with E-state index in [2.05, 4.69) is 25.3 Å². The second-order valence-electron chi connectivity index (χ2n) is 6.01. The highest BCUT2D eigenvalue weighted by Crippen LogP contribution is 2.27. The Kier molecular flexibility index (Phi) is 4.22. The lowest BCUT2D eigenvalue weighted by Gasteiger charge is -2.25. The first-order valence-corrected chi connectivity index (χ1v) is 8.31. The zero-order valence-electron chi connectivity index (χ0n) is 13.9. The van der Waals surface area contributed by atoms with E-state index in [-0.39, 0.29) is 11.5 Å². The van der Waals surface area contributed by atoms with E-state index in [9.17, 15) is 9.59 Å². The van der Waals surface area contributed by atoms with Gasteiger partial charge in [0.1, 0.15) is 12.2 Å². The van der Waals surface area contributed by atoms with E-state index in [0.717, 1.165) is 6.42 Å². The largest absolute Gasteiger partial charge is 0.324 e. The molecule has 1 aliphatic heterocycles. The van der Waals surface area contributed by atoms with Gasteiger partial charge in [-0.2, -0.15) is 0 Å². The number of nitrogens with one attached hydrogen (secondary N) is 1. The van der Waals surface area contributed by atoms with E-state index in [1.807, 2.05) is 0 Å². The van der Waals surface area contributed by atoms with Gasteiger partial charge >= 0.3 is 0 Å². The Bertz CT molecular complexity index is 988. The third-order valence-electron chi connectivity index (χ3n) is 4.31. The highest BCUT2D eigenvalue weighted by Gasteiger charge is 2.29. The van der Waals surface area contributed by atoms with Crippen molar-refractivity contribution in [2.75, 3.05) is 5.32 Å². The normalized spacial score (nSPS) is 15.9. The minimum absolute atomic E-state index is 0.178. The van der Waals surface area contributed by atoms with Gasteiger partial charge in [-0.1, -0.05) is 0 Å². The SMILES string of the molecule is O=C(Nc1cccnc1)C1CCCn2c1nc(-c1ccncn1)cc2=O. The number of amides is 1. The van der Waals surface area contributed by atoms with Crippen LogP contribution in [0.1, 0.15) is 24.6 Å². The first kappa shape index (κ1) is 16.1. The van der Waals surface area contributed by atoms with E-state index in [1.165, 1.54) is 12.4 Å². The van der Waals surface area contributed by atoms with Crippen molar-refractivity contribution in [3.8, 4) is 11.4 Å². The zero-order valence-corrected chi connectivity index (χ0v) is 13.9. The third-order valence-corrected chi connectivity index (χ3v) is 4.31. The van der Waals surface area contributed by atoms with Crippen molar-refractivity contribution in [3.63, 3.8) is 0 Å². The molecular formula is C18H16N6O2. The average Bonchev–Trinajstić information content (AvgIpc) is 2.69. The number of hydrogen-bond acceptors (Lipinski definition) is 6. The van der Waals surface area contributed by atoms with Crippen LogP contribution in [0.15, 0.2) is 54.0 Å². The van der Waals surface area contributed by atoms with Crippen LogP contribution in [0.25, 0.3) is 11.4 Å². The molecule has 3 aromatic heterocycles. The smallest absolute Gasteiger partial charge is 0.254 e. The molecule has 1 N–H and O–H groups in total. The molecule has 0 aromatic carbocycles. The lowest BCUT2D eigenvalue weighted by Crippen LogP contribution is -2.35. The molecule has 1 amide bonds. The van der Waals surface area contributed by atoms with Crippen LogP contribution in [0, 0.1) is 0 Å². The summed E-state index contributed by atoms with van der Waals surface area (Å²) in [5, 5.41) is 2.85. The number of pyridine rings is 1. The van der Waals surface area contributed by atoms with Crippen molar-refractivity contribution in [3.05, 3.63) is 65.4 Å². The van der Waals surface area contributed by atoms with E-state index in [4.69, 9.17) is 0 Å². The fourth-order valence-corrected chi connectivity index (χ4v) is 3.09. The lowest BCUT2D eigenvalue weighted by atomic mass is 9.97. The number of carbonyl (C=O) groups is 1. The summed E-state index contributed by atoms with van der Waals surface area (Å²) < 4.78 is 1.57. The highest BCUT2D eigenvalue weighted by atomic mass is 16.2. The Morgan fingerprint density at radius 3 is 2.88 bits per heavy atom. The third kappa shape index (κ3) is 3.08. The summed E-state index contributed by atoms with van der Waals surface area (Å²) in [5.41, 5.74) is 1.44. The predicted molar refractivity (Wildman–Crippen MR) is 94.4 cm³/mol. The van der Waals surface area contributed by atoms with Crippen LogP contribution in [0.5, 0.6) is 0 Å². The molecule has 8 heteroatoms. The van der Waals surface area contributed by atoms with Crippen molar-refractivity contribution in [1.29, 1.82) is 0 Å². The summed E-state index contributed by atoms with van der Waals surface area (Å²) >= 11 is 0. The maximum absolute atomic E-state index is 12.8. The van der Waals surface area contributed by atoms with Gasteiger partial charge in [-0.3, -0.25) is 19.1 Å². The Labute approximate surface area is 149 Å². The van der Waals surface area contributed by atoms with Gasteiger partial charge in [0.25, 0.3) is 5.56 Å². The van der Waals surface area contributed by atoms with E-state index < -0.39 is 5.92 Å².